The summed E-state index contributed by atoms with van der Waals surface area (Å²) < 4.78 is 0. The molecule has 6 N–H and O–H groups in total. The van der Waals surface area contributed by atoms with Crippen molar-refractivity contribution in [2.75, 3.05) is 6.54 Å². The van der Waals surface area contributed by atoms with Crippen LogP contribution in [0.4, 0.5) is 0 Å². The van der Waals surface area contributed by atoms with Gasteiger partial charge in [0.25, 0.3) is 0 Å². The normalized spacial score (nSPS) is 13.8. The number of hydrogen-bond acceptors (Lipinski definition) is 3. The van der Waals surface area contributed by atoms with Gasteiger partial charge in [0.15, 0.2) is 0 Å². The van der Waals surface area contributed by atoms with E-state index in [0.717, 1.165) is 24.1 Å². The standard InChI is InChI=1S/C13H21N3/c1-10(15)2-7-13(16)12-5-3-11(4-6-12)8-9-14/h2-6,13H,7-9,14-16H2,1H3/b10-2+. The Kier molecular flexibility index (Phi) is 5.02. The molecule has 0 spiro atoms. The highest BCUT2D eigenvalue weighted by Crippen LogP contribution is 2.15. The minimum atomic E-state index is 0.0189. The Morgan fingerprint density at radius 3 is 2.44 bits per heavy atom. The van der Waals surface area contributed by atoms with E-state index in [0.29, 0.717) is 6.54 Å². The fourth-order valence-electron chi connectivity index (χ4n) is 1.55. The minimum Gasteiger partial charge on any atom is -0.403 e. The SMILES string of the molecule is C/C(N)=C\CC(N)c1ccc(CCN)cc1. The zero-order chi connectivity index (χ0) is 12.0. The van der Waals surface area contributed by atoms with Gasteiger partial charge in [0, 0.05) is 11.7 Å². The summed E-state index contributed by atoms with van der Waals surface area (Å²) in [6, 6.07) is 8.32. The van der Waals surface area contributed by atoms with Gasteiger partial charge in [-0.2, -0.15) is 0 Å². The van der Waals surface area contributed by atoms with Gasteiger partial charge in [-0.1, -0.05) is 30.3 Å². The first-order valence-electron chi connectivity index (χ1n) is 5.60. The number of hydrogen-bond donors (Lipinski definition) is 3. The second-order valence-electron chi connectivity index (χ2n) is 4.07. The molecule has 1 unspecified atom stereocenters. The molecule has 3 heteroatoms. The van der Waals surface area contributed by atoms with E-state index in [1.54, 1.807) is 0 Å². The molecule has 1 rings (SSSR count). The van der Waals surface area contributed by atoms with Crippen molar-refractivity contribution in [1.82, 2.24) is 0 Å². The number of rotatable bonds is 5. The molecule has 0 amide bonds. The summed E-state index contributed by atoms with van der Waals surface area (Å²) in [5.41, 5.74) is 20.3. The van der Waals surface area contributed by atoms with Crippen molar-refractivity contribution in [2.24, 2.45) is 17.2 Å². The summed E-state index contributed by atoms with van der Waals surface area (Å²) in [7, 11) is 0. The highest BCUT2D eigenvalue weighted by Gasteiger charge is 2.03. The van der Waals surface area contributed by atoms with E-state index in [1.165, 1.54) is 5.56 Å². The molecule has 1 atom stereocenters. The molecule has 1 aromatic rings. The lowest BCUT2D eigenvalue weighted by molar-refractivity contribution is 0.736. The molecule has 0 radical (unpaired) electrons. The van der Waals surface area contributed by atoms with Crippen molar-refractivity contribution >= 4 is 0 Å². The van der Waals surface area contributed by atoms with E-state index < -0.39 is 0 Å². The molecule has 88 valence electrons. The third kappa shape index (κ3) is 4.04. The lowest BCUT2D eigenvalue weighted by Crippen LogP contribution is -2.10. The highest BCUT2D eigenvalue weighted by molar-refractivity contribution is 5.25. The summed E-state index contributed by atoms with van der Waals surface area (Å²) in [6.45, 7) is 2.55. The molecule has 0 fully saturated rings. The predicted molar refractivity (Wildman–Crippen MR) is 68.7 cm³/mol. The fraction of sp³-hybridized carbons (Fsp3) is 0.385. The van der Waals surface area contributed by atoms with Crippen LogP contribution in [0, 0.1) is 0 Å². The molecule has 0 aliphatic carbocycles. The van der Waals surface area contributed by atoms with E-state index in [1.807, 2.05) is 13.0 Å². The average molecular weight is 219 g/mol. The maximum Gasteiger partial charge on any atom is 0.0330 e. The summed E-state index contributed by atoms with van der Waals surface area (Å²) in [5, 5.41) is 0. The van der Waals surface area contributed by atoms with Crippen LogP contribution in [0.2, 0.25) is 0 Å². The smallest absolute Gasteiger partial charge is 0.0330 e. The fourth-order valence-corrected chi connectivity index (χ4v) is 1.55. The number of nitrogens with two attached hydrogens (primary N) is 3. The monoisotopic (exact) mass is 219 g/mol. The van der Waals surface area contributed by atoms with E-state index in [4.69, 9.17) is 17.2 Å². The van der Waals surface area contributed by atoms with Gasteiger partial charge in [-0.25, -0.2) is 0 Å². The van der Waals surface area contributed by atoms with Crippen LogP contribution in [0.1, 0.15) is 30.5 Å². The third-order valence-electron chi connectivity index (χ3n) is 2.53. The quantitative estimate of drug-likeness (QED) is 0.701. The molecule has 16 heavy (non-hydrogen) atoms. The Morgan fingerprint density at radius 1 is 1.31 bits per heavy atom. The van der Waals surface area contributed by atoms with E-state index in [2.05, 4.69) is 24.3 Å². The average Bonchev–Trinajstić information content (AvgIpc) is 2.27. The first-order chi connectivity index (χ1) is 7.63. The zero-order valence-electron chi connectivity index (χ0n) is 9.82. The molecule has 0 aliphatic heterocycles. The van der Waals surface area contributed by atoms with Crippen molar-refractivity contribution in [1.29, 1.82) is 0 Å². The predicted octanol–water partition coefficient (Wildman–Crippen LogP) is 1.44. The van der Waals surface area contributed by atoms with E-state index >= 15 is 0 Å². The molecule has 0 aromatic heterocycles. The third-order valence-corrected chi connectivity index (χ3v) is 2.53. The topological polar surface area (TPSA) is 78.1 Å². The van der Waals surface area contributed by atoms with Crippen molar-refractivity contribution in [3.8, 4) is 0 Å². The van der Waals surface area contributed by atoms with Crippen LogP contribution in [-0.2, 0) is 6.42 Å². The second kappa shape index (κ2) is 6.30. The van der Waals surface area contributed by atoms with Gasteiger partial charge in [0.2, 0.25) is 0 Å². The maximum absolute atomic E-state index is 6.04. The first-order valence-corrected chi connectivity index (χ1v) is 5.60. The van der Waals surface area contributed by atoms with E-state index in [-0.39, 0.29) is 6.04 Å². The van der Waals surface area contributed by atoms with Crippen molar-refractivity contribution in [2.45, 2.75) is 25.8 Å². The molecule has 0 heterocycles. The maximum atomic E-state index is 6.04. The largest absolute Gasteiger partial charge is 0.403 e. The van der Waals surface area contributed by atoms with Gasteiger partial charge in [-0.3, -0.25) is 0 Å². The molecular weight excluding hydrogens is 198 g/mol. The number of allylic oxidation sites excluding steroid dienone is 1. The molecule has 3 nitrogen and oxygen atoms in total. The molecular formula is C13H21N3. The molecule has 1 aromatic carbocycles. The summed E-state index contributed by atoms with van der Waals surface area (Å²) in [6.07, 6.45) is 3.65. The van der Waals surface area contributed by atoms with Crippen LogP contribution in [0.3, 0.4) is 0 Å². The van der Waals surface area contributed by atoms with Crippen LogP contribution < -0.4 is 17.2 Å². The Labute approximate surface area is 97.3 Å². The molecule has 0 bridgehead atoms. The summed E-state index contributed by atoms with van der Waals surface area (Å²) >= 11 is 0. The molecule has 0 aliphatic rings. The van der Waals surface area contributed by atoms with Crippen molar-refractivity contribution < 1.29 is 0 Å². The van der Waals surface area contributed by atoms with Gasteiger partial charge in [0.05, 0.1) is 0 Å². The van der Waals surface area contributed by atoms with Crippen LogP contribution >= 0.6 is 0 Å². The zero-order valence-corrected chi connectivity index (χ0v) is 9.82. The summed E-state index contributed by atoms with van der Waals surface area (Å²) in [4.78, 5) is 0. The molecule has 0 saturated carbocycles. The first kappa shape index (κ1) is 12.7. The Bertz CT molecular complexity index is 337. The second-order valence-corrected chi connectivity index (χ2v) is 4.07. The van der Waals surface area contributed by atoms with Gasteiger partial charge >= 0.3 is 0 Å². The Morgan fingerprint density at radius 2 is 1.94 bits per heavy atom. The van der Waals surface area contributed by atoms with Crippen LogP contribution in [0.5, 0.6) is 0 Å². The number of benzene rings is 1. The Hall–Kier alpha value is -1.32. The van der Waals surface area contributed by atoms with Gasteiger partial charge in [0.1, 0.15) is 0 Å². The van der Waals surface area contributed by atoms with Crippen molar-refractivity contribution in [3.63, 3.8) is 0 Å². The highest BCUT2D eigenvalue weighted by atomic mass is 14.6. The lowest BCUT2D eigenvalue weighted by Gasteiger charge is -2.10. The summed E-state index contributed by atoms with van der Waals surface area (Å²) in [5.74, 6) is 0. The van der Waals surface area contributed by atoms with Crippen LogP contribution in [0.15, 0.2) is 36.0 Å². The van der Waals surface area contributed by atoms with Gasteiger partial charge in [-0.15, -0.1) is 0 Å². The van der Waals surface area contributed by atoms with Crippen LogP contribution in [-0.4, -0.2) is 6.54 Å². The van der Waals surface area contributed by atoms with E-state index in [9.17, 15) is 0 Å². The minimum absolute atomic E-state index is 0.0189. The Balaban J connectivity index is 2.62. The lowest BCUT2D eigenvalue weighted by atomic mass is 10.0. The van der Waals surface area contributed by atoms with Crippen LogP contribution in [0.25, 0.3) is 0 Å². The van der Waals surface area contributed by atoms with Gasteiger partial charge in [-0.05, 0) is 37.4 Å². The van der Waals surface area contributed by atoms with Crippen molar-refractivity contribution in [3.05, 3.63) is 47.2 Å². The molecule has 0 saturated heterocycles. The van der Waals surface area contributed by atoms with Gasteiger partial charge < -0.3 is 17.2 Å².